The van der Waals surface area contributed by atoms with Gasteiger partial charge >= 0.3 is 0 Å². The van der Waals surface area contributed by atoms with Gasteiger partial charge in [0, 0.05) is 22.0 Å². The largest absolute Gasteiger partial charge is 0.371 e. The third-order valence-electron chi connectivity index (χ3n) is 9.77. The standard InChI is InChI=1S/C44H29N3/c1-2-13-31-26-33(21-20-28(31)10-1)44-43(45-37-18-7-8-19-38(37)46-44)32-14-9-15-34(27-32)47-39-24-22-29-11-3-5-16-35(29)41(39)42-36-17-6-4-12-30(36)23-25-40(42)47/h1-27,44,46H. The Hall–Kier alpha value is -6.19. The van der Waals surface area contributed by atoms with E-state index in [1.54, 1.807) is 0 Å². The van der Waals surface area contributed by atoms with Gasteiger partial charge in [0.05, 0.1) is 34.2 Å². The predicted octanol–water partition coefficient (Wildman–Crippen LogP) is 11.5. The average Bonchev–Trinajstić information content (AvgIpc) is 3.49. The van der Waals surface area contributed by atoms with Crippen LogP contribution in [0.25, 0.3) is 59.8 Å². The third-order valence-corrected chi connectivity index (χ3v) is 9.77. The van der Waals surface area contributed by atoms with Gasteiger partial charge < -0.3 is 9.88 Å². The van der Waals surface area contributed by atoms with Gasteiger partial charge in [-0.05, 0) is 80.3 Å². The highest BCUT2D eigenvalue weighted by atomic mass is 15.0. The van der Waals surface area contributed by atoms with Gasteiger partial charge in [0.2, 0.25) is 0 Å². The highest BCUT2D eigenvalue weighted by Crippen LogP contribution is 2.42. The molecule has 10 rings (SSSR count). The summed E-state index contributed by atoms with van der Waals surface area (Å²) in [5, 5.41) is 13.9. The molecular formula is C44H29N3. The van der Waals surface area contributed by atoms with E-state index in [2.05, 4.69) is 174 Å². The van der Waals surface area contributed by atoms with E-state index in [4.69, 9.17) is 4.99 Å². The van der Waals surface area contributed by atoms with Crippen molar-refractivity contribution < 1.29 is 0 Å². The minimum absolute atomic E-state index is 0.101. The molecule has 1 aromatic heterocycles. The molecule has 9 aromatic rings. The molecule has 0 saturated carbocycles. The molecule has 0 radical (unpaired) electrons. The molecule has 0 bridgehead atoms. The Morgan fingerprint density at radius 1 is 0.489 bits per heavy atom. The summed E-state index contributed by atoms with van der Waals surface area (Å²) in [6, 6.07) is 59.0. The minimum atomic E-state index is -0.101. The van der Waals surface area contributed by atoms with E-state index in [-0.39, 0.29) is 6.04 Å². The van der Waals surface area contributed by atoms with Crippen LogP contribution in [0.15, 0.2) is 169 Å². The summed E-state index contributed by atoms with van der Waals surface area (Å²) >= 11 is 0. The number of aromatic nitrogens is 1. The molecule has 47 heavy (non-hydrogen) atoms. The van der Waals surface area contributed by atoms with Crippen LogP contribution < -0.4 is 5.32 Å². The Balaban J connectivity index is 1.22. The van der Waals surface area contributed by atoms with E-state index in [1.807, 2.05) is 0 Å². The quantitative estimate of drug-likeness (QED) is 0.215. The summed E-state index contributed by atoms with van der Waals surface area (Å²) in [5.74, 6) is 0. The summed E-state index contributed by atoms with van der Waals surface area (Å²) < 4.78 is 2.43. The SMILES string of the molecule is c1cc(C2=Nc3ccccc3NC2c2ccc3ccccc3c2)cc(-n2c3ccc4ccccc4c3c3c4ccccc4ccc32)c1. The summed E-state index contributed by atoms with van der Waals surface area (Å²) in [4.78, 5) is 5.33. The van der Waals surface area contributed by atoms with Gasteiger partial charge in [-0.15, -0.1) is 0 Å². The van der Waals surface area contributed by atoms with Gasteiger partial charge in [-0.2, -0.15) is 0 Å². The Bertz CT molecular complexity index is 2640. The summed E-state index contributed by atoms with van der Waals surface area (Å²) in [5.41, 5.74) is 8.83. The van der Waals surface area contributed by atoms with Crippen molar-refractivity contribution in [3.8, 4) is 5.69 Å². The van der Waals surface area contributed by atoms with Gasteiger partial charge in [0.15, 0.2) is 0 Å². The molecule has 1 unspecified atom stereocenters. The Morgan fingerprint density at radius 2 is 1.11 bits per heavy atom. The van der Waals surface area contributed by atoms with E-state index >= 15 is 0 Å². The maximum absolute atomic E-state index is 5.33. The molecule has 1 N–H and O–H groups in total. The van der Waals surface area contributed by atoms with Crippen LogP contribution in [0.3, 0.4) is 0 Å². The number of nitrogens with one attached hydrogen (secondary N) is 1. The monoisotopic (exact) mass is 599 g/mol. The van der Waals surface area contributed by atoms with Gasteiger partial charge in [-0.3, -0.25) is 0 Å². The summed E-state index contributed by atoms with van der Waals surface area (Å²) in [7, 11) is 0. The zero-order chi connectivity index (χ0) is 30.9. The molecule has 0 fully saturated rings. The Labute approximate surface area is 272 Å². The van der Waals surface area contributed by atoms with Gasteiger partial charge in [0.1, 0.15) is 0 Å². The highest BCUT2D eigenvalue weighted by Gasteiger charge is 2.26. The fraction of sp³-hybridized carbons (Fsp3) is 0.0227. The maximum atomic E-state index is 5.33. The van der Waals surface area contributed by atoms with Crippen molar-refractivity contribution in [1.29, 1.82) is 0 Å². The molecule has 0 amide bonds. The second-order valence-corrected chi connectivity index (χ2v) is 12.4. The van der Waals surface area contributed by atoms with E-state index in [9.17, 15) is 0 Å². The number of nitrogens with zero attached hydrogens (tertiary/aromatic N) is 2. The molecule has 3 nitrogen and oxygen atoms in total. The van der Waals surface area contributed by atoms with Gasteiger partial charge in [0.25, 0.3) is 0 Å². The maximum Gasteiger partial charge on any atom is 0.0947 e. The number of anilines is 1. The van der Waals surface area contributed by atoms with Gasteiger partial charge in [-0.1, -0.05) is 121 Å². The second-order valence-electron chi connectivity index (χ2n) is 12.4. The minimum Gasteiger partial charge on any atom is -0.371 e. The number of fused-ring (bicyclic) bond motifs is 9. The van der Waals surface area contributed by atoms with Crippen LogP contribution in [0, 0.1) is 0 Å². The van der Waals surface area contributed by atoms with Crippen LogP contribution in [0.2, 0.25) is 0 Å². The van der Waals surface area contributed by atoms with Crippen molar-refractivity contribution >= 4 is 71.2 Å². The smallest absolute Gasteiger partial charge is 0.0947 e. The average molecular weight is 600 g/mol. The normalized spacial score (nSPS) is 14.5. The predicted molar refractivity (Wildman–Crippen MR) is 199 cm³/mol. The zero-order valence-corrected chi connectivity index (χ0v) is 25.6. The lowest BCUT2D eigenvalue weighted by atomic mass is 9.92. The number of aliphatic imine (C=N–C) groups is 1. The first kappa shape index (κ1) is 26.1. The first-order chi connectivity index (χ1) is 23.3. The number of hydrogen-bond acceptors (Lipinski definition) is 2. The van der Waals surface area contributed by atoms with Crippen molar-refractivity contribution in [1.82, 2.24) is 4.57 Å². The van der Waals surface area contributed by atoms with E-state index in [0.717, 1.165) is 28.3 Å². The van der Waals surface area contributed by atoms with Crippen LogP contribution in [0.5, 0.6) is 0 Å². The molecule has 3 heteroatoms. The van der Waals surface area contributed by atoms with E-state index in [1.165, 1.54) is 59.7 Å². The molecule has 2 heterocycles. The highest BCUT2D eigenvalue weighted by molar-refractivity contribution is 6.28. The van der Waals surface area contributed by atoms with Crippen molar-refractivity contribution in [2.75, 3.05) is 5.32 Å². The zero-order valence-electron chi connectivity index (χ0n) is 25.6. The van der Waals surface area contributed by atoms with Crippen molar-refractivity contribution in [3.63, 3.8) is 0 Å². The number of para-hydroxylation sites is 2. The van der Waals surface area contributed by atoms with Crippen molar-refractivity contribution in [2.24, 2.45) is 4.99 Å². The van der Waals surface area contributed by atoms with Crippen LogP contribution in [0.1, 0.15) is 17.2 Å². The lowest BCUT2D eigenvalue weighted by Gasteiger charge is -2.28. The van der Waals surface area contributed by atoms with Crippen LogP contribution >= 0.6 is 0 Å². The van der Waals surface area contributed by atoms with E-state index in [0.29, 0.717) is 0 Å². The molecular weight excluding hydrogens is 571 g/mol. The summed E-state index contributed by atoms with van der Waals surface area (Å²) in [6.07, 6.45) is 0. The van der Waals surface area contributed by atoms with Gasteiger partial charge in [-0.25, -0.2) is 4.99 Å². The van der Waals surface area contributed by atoms with Crippen molar-refractivity contribution in [3.05, 3.63) is 175 Å². The molecule has 0 saturated heterocycles. The molecule has 8 aromatic carbocycles. The molecule has 1 aliphatic heterocycles. The topological polar surface area (TPSA) is 29.3 Å². The fourth-order valence-corrected chi connectivity index (χ4v) is 7.60. The molecule has 0 aliphatic carbocycles. The van der Waals surface area contributed by atoms with Crippen molar-refractivity contribution in [2.45, 2.75) is 6.04 Å². The number of benzene rings is 8. The Kier molecular flexibility index (Phi) is 5.64. The number of hydrogen-bond donors (Lipinski definition) is 1. The lowest BCUT2D eigenvalue weighted by Crippen LogP contribution is -2.25. The first-order valence-corrected chi connectivity index (χ1v) is 16.2. The molecule has 0 spiro atoms. The van der Waals surface area contributed by atoms with Crippen LogP contribution in [-0.4, -0.2) is 10.3 Å². The fourth-order valence-electron chi connectivity index (χ4n) is 7.60. The van der Waals surface area contributed by atoms with Crippen LogP contribution in [-0.2, 0) is 0 Å². The molecule has 1 aliphatic rings. The summed E-state index contributed by atoms with van der Waals surface area (Å²) in [6.45, 7) is 0. The van der Waals surface area contributed by atoms with Crippen LogP contribution in [0.4, 0.5) is 11.4 Å². The lowest BCUT2D eigenvalue weighted by molar-refractivity contribution is 1.02. The second kappa shape index (κ2) is 10.2. The third kappa shape index (κ3) is 4.03. The van der Waals surface area contributed by atoms with E-state index < -0.39 is 0 Å². The molecule has 1 atom stereocenters. The number of rotatable bonds is 3. The Morgan fingerprint density at radius 3 is 1.85 bits per heavy atom. The molecule has 220 valence electrons. The first-order valence-electron chi connectivity index (χ1n) is 16.2.